The van der Waals surface area contributed by atoms with Crippen molar-refractivity contribution in [3.63, 3.8) is 0 Å². The zero-order chi connectivity index (χ0) is 52.6. The summed E-state index contributed by atoms with van der Waals surface area (Å²) in [5, 5.41) is 2.60. The molecular weight excluding hydrogens is 907 g/mol. The fourth-order valence-electron chi connectivity index (χ4n) is 10.1. The van der Waals surface area contributed by atoms with E-state index in [0.717, 1.165) is 36.3 Å². The van der Waals surface area contributed by atoms with Crippen LogP contribution < -0.4 is 0 Å². The molecule has 0 bridgehead atoms. The summed E-state index contributed by atoms with van der Waals surface area (Å²) < 4.78 is 12.2. The van der Waals surface area contributed by atoms with Crippen molar-refractivity contribution < 1.29 is 33.4 Å². The predicted molar refractivity (Wildman–Crippen MR) is 291 cm³/mol. The molecule has 3 aromatic rings. The lowest BCUT2D eigenvalue weighted by Crippen LogP contribution is -2.54. The van der Waals surface area contributed by atoms with Crippen LogP contribution in [0.2, 0.25) is 0 Å². The van der Waals surface area contributed by atoms with Gasteiger partial charge in [-0.3, -0.25) is 24.0 Å². The van der Waals surface area contributed by atoms with Crippen molar-refractivity contribution in [2.75, 3.05) is 27.8 Å². The summed E-state index contributed by atoms with van der Waals surface area (Å²) in [6.45, 7) is 21.0. The third kappa shape index (κ3) is 19.1. The number of aromatic nitrogens is 1. The fourth-order valence-corrected chi connectivity index (χ4v) is 11.0. The van der Waals surface area contributed by atoms with Gasteiger partial charge in [-0.1, -0.05) is 168 Å². The quantitative estimate of drug-likeness (QED) is 0.0461. The number of aryl methyl sites for hydroxylation is 1. The lowest BCUT2D eigenvalue weighted by molar-refractivity contribution is -0.149. The van der Waals surface area contributed by atoms with Gasteiger partial charge in [-0.15, -0.1) is 11.3 Å². The summed E-state index contributed by atoms with van der Waals surface area (Å²) in [6, 6.07) is 19.5. The first-order valence-corrected chi connectivity index (χ1v) is 28.1. The Hall–Kier alpha value is -4.06. The topological polar surface area (TPSA) is 123 Å². The molecule has 1 saturated heterocycles. The van der Waals surface area contributed by atoms with Crippen molar-refractivity contribution >= 4 is 40.5 Å². The molecule has 71 heavy (non-hydrogen) atoms. The van der Waals surface area contributed by atoms with E-state index in [9.17, 15) is 24.0 Å². The van der Waals surface area contributed by atoms with E-state index in [1.54, 1.807) is 26.2 Å². The van der Waals surface area contributed by atoms with Gasteiger partial charge in [-0.25, -0.2) is 4.98 Å². The molecule has 9 atom stereocenters. The van der Waals surface area contributed by atoms with Crippen LogP contribution >= 0.6 is 11.3 Å². The number of unbranched alkanes of at least 4 members (excludes halogenated alkanes) is 4. The van der Waals surface area contributed by atoms with Crippen LogP contribution in [0, 0.1) is 35.5 Å². The van der Waals surface area contributed by atoms with Gasteiger partial charge in [-0.2, -0.15) is 0 Å². The summed E-state index contributed by atoms with van der Waals surface area (Å²) in [5.74, 6) is -1.31. The number of ether oxygens (including phenoxy) is 2. The number of methoxy groups -OCH3 is 2. The molecule has 0 N–H and O–H groups in total. The molecule has 0 saturated carbocycles. The molecule has 2 aromatic carbocycles. The van der Waals surface area contributed by atoms with Gasteiger partial charge >= 0.3 is 0 Å². The Labute approximate surface area is 433 Å². The van der Waals surface area contributed by atoms with E-state index < -0.39 is 30.1 Å². The molecule has 1 aromatic heterocycles. The zero-order valence-corrected chi connectivity index (χ0v) is 46.9. The van der Waals surface area contributed by atoms with E-state index in [2.05, 4.69) is 52.0 Å². The second-order valence-corrected chi connectivity index (χ2v) is 22.0. The average molecular weight is 1000 g/mol. The Bertz CT molecular complexity index is 2020. The highest BCUT2D eigenvalue weighted by atomic mass is 32.1. The standard InChI is InChI=1S/C53H77N3O7S.C7H16/c1-12-36(6)50(55(9)53(61)42(35(4)5)31-47(59)37(7)34(2)3)48(62-10)32-49(60)56-28-20-26-44(56)51(63-11)38(8)46(58)30-41(29-40-23-17-14-18-24-40)52-54-43(33-64-52)45(57)27-19-25-39-21-15-13-16-22-39;1-3-5-7-6-4-2/h13-18,21-24,33-38,41-42,44,48,50-51H,12,19-20,25-32H2,1-11H3;3-7H2,1-2H3/t36-,37-,38-,41+,42-,44-,48+,50?,51+;/m0./s1. The molecular formula is C60H93N3O7S. The summed E-state index contributed by atoms with van der Waals surface area (Å²) in [5.41, 5.74) is 2.74. The Morgan fingerprint density at radius 3 is 1.90 bits per heavy atom. The maximum absolute atomic E-state index is 14.5. The highest BCUT2D eigenvalue weighted by Gasteiger charge is 2.43. The molecule has 0 aliphatic carbocycles. The molecule has 11 heteroatoms. The van der Waals surface area contributed by atoms with Gasteiger partial charge in [0.1, 0.15) is 17.3 Å². The Kier molecular flexibility index (Phi) is 27.8. The molecule has 1 unspecified atom stereocenters. The number of Topliss-reactive ketones (excluding diaryl/α,β-unsaturated/α-hetero) is 3. The summed E-state index contributed by atoms with van der Waals surface area (Å²) in [7, 11) is 5.00. The van der Waals surface area contributed by atoms with Crippen LogP contribution in [0.25, 0.3) is 0 Å². The van der Waals surface area contributed by atoms with Gasteiger partial charge in [0.25, 0.3) is 0 Å². The Morgan fingerprint density at radius 1 is 0.746 bits per heavy atom. The first-order chi connectivity index (χ1) is 33.9. The number of likely N-dealkylation sites (tertiary alicyclic amines) is 1. The maximum atomic E-state index is 14.5. The molecule has 2 heterocycles. The molecule has 0 spiro atoms. The van der Waals surface area contributed by atoms with Crippen molar-refractivity contribution in [3.8, 4) is 0 Å². The molecule has 10 nitrogen and oxygen atoms in total. The molecule has 0 radical (unpaired) electrons. The van der Waals surface area contributed by atoms with Gasteiger partial charge in [-0.05, 0) is 61.0 Å². The van der Waals surface area contributed by atoms with Crippen LogP contribution in [0.1, 0.15) is 185 Å². The molecule has 1 aliphatic rings. The van der Waals surface area contributed by atoms with Crippen LogP contribution in [0.3, 0.4) is 0 Å². The molecule has 1 fully saturated rings. The van der Waals surface area contributed by atoms with Crippen LogP contribution in [-0.2, 0) is 41.5 Å². The first kappa shape index (κ1) is 61.2. The third-order valence-corrected chi connectivity index (χ3v) is 16.3. The number of likely N-dealkylation sites (N-methyl/N-ethyl adjacent to an activating group) is 1. The number of nitrogens with zero attached hydrogens (tertiary/aromatic N) is 3. The molecule has 396 valence electrons. The summed E-state index contributed by atoms with van der Waals surface area (Å²) in [4.78, 5) is 78.1. The average Bonchev–Trinajstić information content (AvgIpc) is 4.07. The van der Waals surface area contributed by atoms with Gasteiger partial charge < -0.3 is 19.3 Å². The van der Waals surface area contributed by atoms with Crippen LogP contribution in [0.4, 0.5) is 0 Å². The van der Waals surface area contributed by atoms with Crippen LogP contribution in [0.5, 0.6) is 0 Å². The van der Waals surface area contributed by atoms with E-state index in [1.165, 1.54) is 49.0 Å². The van der Waals surface area contributed by atoms with Gasteiger partial charge in [0.2, 0.25) is 11.8 Å². The predicted octanol–water partition coefficient (Wildman–Crippen LogP) is 13.1. The second-order valence-electron chi connectivity index (χ2n) is 21.1. The van der Waals surface area contributed by atoms with Gasteiger partial charge in [0.15, 0.2) is 5.78 Å². The summed E-state index contributed by atoms with van der Waals surface area (Å²) >= 11 is 1.44. The van der Waals surface area contributed by atoms with Crippen molar-refractivity contribution in [1.29, 1.82) is 0 Å². The number of hydrogen-bond donors (Lipinski definition) is 0. The smallest absolute Gasteiger partial charge is 0.226 e. The van der Waals surface area contributed by atoms with E-state index in [4.69, 9.17) is 14.5 Å². The lowest BCUT2D eigenvalue weighted by Gasteiger charge is -2.41. The maximum Gasteiger partial charge on any atom is 0.226 e. The SMILES string of the molecule is CCCCCCC.CC[C@H](C)C([C@@H](CC(=O)N1CCC[C@H]1[C@H](OC)[C@@H](C)C(=O)C[C@@H](Cc1ccccc1)c1nc(C(=O)CCCc2ccccc2)cs1)OC)N(C)C(=O)[C@@H](CC(=O)[C@@H](C)C(C)C)C(C)C. The minimum atomic E-state index is -0.589. The monoisotopic (exact) mass is 1000 g/mol. The van der Waals surface area contributed by atoms with E-state index in [0.29, 0.717) is 31.5 Å². The summed E-state index contributed by atoms with van der Waals surface area (Å²) in [6.07, 6.45) is 11.1. The highest BCUT2D eigenvalue weighted by molar-refractivity contribution is 7.10. The first-order valence-electron chi connectivity index (χ1n) is 27.2. The lowest BCUT2D eigenvalue weighted by atomic mass is 9.82. The molecule has 4 rings (SSSR count). The minimum absolute atomic E-state index is 0.00876. The minimum Gasteiger partial charge on any atom is -0.379 e. The van der Waals surface area contributed by atoms with Gasteiger partial charge in [0.05, 0.1) is 35.7 Å². The van der Waals surface area contributed by atoms with Crippen LogP contribution in [-0.4, -0.2) is 96.1 Å². The van der Waals surface area contributed by atoms with Crippen LogP contribution in [0.15, 0.2) is 66.0 Å². The Morgan fingerprint density at radius 2 is 1.35 bits per heavy atom. The van der Waals surface area contributed by atoms with E-state index >= 15 is 0 Å². The number of hydrogen-bond acceptors (Lipinski definition) is 9. The number of thiazole rings is 1. The normalized spacial score (nSPS) is 17.1. The van der Waals surface area contributed by atoms with Crippen molar-refractivity contribution in [2.45, 2.75) is 196 Å². The largest absolute Gasteiger partial charge is 0.379 e. The number of amides is 2. The van der Waals surface area contributed by atoms with Crippen molar-refractivity contribution in [2.24, 2.45) is 35.5 Å². The Balaban J connectivity index is 0.00000176. The van der Waals surface area contributed by atoms with Crippen molar-refractivity contribution in [1.82, 2.24) is 14.8 Å². The number of rotatable bonds is 31. The van der Waals surface area contributed by atoms with E-state index in [-0.39, 0.29) is 84.1 Å². The molecule has 1 aliphatic heterocycles. The highest BCUT2D eigenvalue weighted by Crippen LogP contribution is 2.34. The number of carbonyl (C=O) groups is 5. The van der Waals surface area contributed by atoms with Gasteiger partial charge in [0, 0.05) is 76.1 Å². The second kappa shape index (κ2) is 32.2. The van der Waals surface area contributed by atoms with E-state index in [1.807, 2.05) is 88.2 Å². The number of benzene rings is 2. The zero-order valence-electron chi connectivity index (χ0n) is 46.1. The fraction of sp³-hybridized carbons (Fsp3) is 0.667. The third-order valence-electron chi connectivity index (χ3n) is 15.3. The molecule has 2 amide bonds. The number of ketones is 3. The number of carbonyl (C=O) groups excluding carboxylic acids is 5. The van der Waals surface area contributed by atoms with Crippen molar-refractivity contribution in [3.05, 3.63) is 87.9 Å².